The van der Waals surface area contributed by atoms with Crippen molar-refractivity contribution in [2.75, 3.05) is 11.9 Å². The van der Waals surface area contributed by atoms with Gasteiger partial charge in [-0.2, -0.15) is 0 Å². The fraction of sp³-hybridized carbons (Fsp3) is 0.391. The van der Waals surface area contributed by atoms with Crippen molar-refractivity contribution in [2.45, 2.75) is 52.7 Å². The van der Waals surface area contributed by atoms with Gasteiger partial charge in [0.1, 0.15) is 5.01 Å². The zero-order chi connectivity index (χ0) is 20.4. The van der Waals surface area contributed by atoms with Crippen LogP contribution >= 0.6 is 11.3 Å². The van der Waals surface area contributed by atoms with Crippen molar-refractivity contribution in [3.05, 3.63) is 57.7 Å². The van der Waals surface area contributed by atoms with Crippen LogP contribution < -0.4 is 5.32 Å². The first-order valence-corrected chi connectivity index (χ1v) is 11.0. The molecule has 1 atom stereocenters. The molecule has 0 radical (unpaired) electrons. The van der Waals surface area contributed by atoms with E-state index < -0.39 is 0 Å². The number of benzene rings is 1. The molecule has 1 amide bonds. The van der Waals surface area contributed by atoms with Crippen LogP contribution in [-0.2, 0) is 22.5 Å². The normalized spacial score (nSPS) is 16.3. The number of carbonyl (C=O) groups is 1. The Morgan fingerprint density at radius 3 is 2.79 bits per heavy atom. The summed E-state index contributed by atoms with van der Waals surface area (Å²) in [7, 11) is 0. The van der Waals surface area contributed by atoms with Crippen molar-refractivity contribution in [3.8, 4) is 11.3 Å². The molecule has 2 aromatic heterocycles. The standard InChI is InChI=1S/C23H27N3O2S/c1-15-6-8-18(9-7-15)24-22(27)12-23-25-21(14-29-23)20-11-16(2)26(17(20)3)13-19-5-4-10-28-19/h6-9,11,14,19H,4-5,10,12-13H2,1-3H3,(H,24,27)/t19-/m1/s1. The summed E-state index contributed by atoms with van der Waals surface area (Å²) in [4.78, 5) is 17.1. The molecule has 6 heteroatoms. The van der Waals surface area contributed by atoms with Crippen LogP contribution in [0, 0.1) is 20.8 Å². The monoisotopic (exact) mass is 409 g/mol. The van der Waals surface area contributed by atoms with Gasteiger partial charge in [0.25, 0.3) is 0 Å². The Balaban J connectivity index is 1.44. The molecule has 1 N–H and O–H groups in total. The Morgan fingerprint density at radius 1 is 1.28 bits per heavy atom. The van der Waals surface area contributed by atoms with E-state index in [1.165, 1.54) is 28.3 Å². The van der Waals surface area contributed by atoms with Gasteiger partial charge in [0, 0.05) is 41.2 Å². The highest BCUT2D eigenvalue weighted by Crippen LogP contribution is 2.29. The third-order valence-corrected chi connectivity index (χ3v) is 6.31. The van der Waals surface area contributed by atoms with Gasteiger partial charge < -0.3 is 14.6 Å². The smallest absolute Gasteiger partial charge is 0.231 e. The molecule has 1 aromatic carbocycles. The van der Waals surface area contributed by atoms with Gasteiger partial charge in [0.05, 0.1) is 18.2 Å². The molecule has 5 nitrogen and oxygen atoms in total. The van der Waals surface area contributed by atoms with Crippen molar-refractivity contribution in [1.82, 2.24) is 9.55 Å². The molecule has 1 aliphatic heterocycles. The summed E-state index contributed by atoms with van der Waals surface area (Å²) in [5, 5.41) is 5.82. The minimum absolute atomic E-state index is 0.0430. The summed E-state index contributed by atoms with van der Waals surface area (Å²) in [6.07, 6.45) is 2.87. The molecular weight excluding hydrogens is 382 g/mol. The Bertz CT molecular complexity index is 998. The number of rotatable bonds is 6. The minimum atomic E-state index is -0.0430. The first-order valence-electron chi connectivity index (χ1n) is 10.1. The summed E-state index contributed by atoms with van der Waals surface area (Å²) in [5.74, 6) is -0.0430. The van der Waals surface area contributed by atoms with Gasteiger partial charge in [-0.25, -0.2) is 4.98 Å². The second-order valence-corrected chi connectivity index (χ2v) is 8.69. The fourth-order valence-corrected chi connectivity index (χ4v) is 4.62. The Hall–Kier alpha value is -2.44. The average molecular weight is 410 g/mol. The topological polar surface area (TPSA) is 56.2 Å². The van der Waals surface area contributed by atoms with Gasteiger partial charge in [0.2, 0.25) is 5.91 Å². The molecule has 1 aliphatic rings. The van der Waals surface area contributed by atoms with E-state index in [4.69, 9.17) is 9.72 Å². The Morgan fingerprint density at radius 2 is 2.07 bits per heavy atom. The number of carbonyl (C=O) groups excluding carboxylic acids is 1. The van der Waals surface area contributed by atoms with E-state index >= 15 is 0 Å². The average Bonchev–Trinajstić information content (AvgIpc) is 3.42. The number of nitrogens with one attached hydrogen (secondary N) is 1. The van der Waals surface area contributed by atoms with Crippen LogP contribution in [0.4, 0.5) is 5.69 Å². The summed E-state index contributed by atoms with van der Waals surface area (Å²) < 4.78 is 8.13. The van der Waals surface area contributed by atoms with Crippen LogP contribution in [0.5, 0.6) is 0 Å². The molecule has 0 spiro atoms. The highest BCUT2D eigenvalue weighted by Gasteiger charge is 2.20. The highest BCUT2D eigenvalue weighted by atomic mass is 32.1. The van der Waals surface area contributed by atoms with Gasteiger partial charge in [-0.05, 0) is 51.8 Å². The summed E-state index contributed by atoms with van der Waals surface area (Å²) >= 11 is 1.54. The number of ether oxygens (including phenoxy) is 1. The Kier molecular flexibility index (Phi) is 5.83. The van der Waals surface area contributed by atoms with E-state index in [9.17, 15) is 4.79 Å². The van der Waals surface area contributed by atoms with Crippen LogP contribution in [0.1, 0.15) is 34.8 Å². The van der Waals surface area contributed by atoms with Crippen LogP contribution in [0.15, 0.2) is 35.7 Å². The maximum absolute atomic E-state index is 12.4. The molecular formula is C23H27N3O2S. The third kappa shape index (κ3) is 4.60. The van der Waals surface area contributed by atoms with Crippen molar-refractivity contribution < 1.29 is 9.53 Å². The molecule has 0 bridgehead atoms. The fourth-order valence-electron chi connectivity index (χ4n) is 3.83. The molecule has 3 aromatic rings. The molecule has 0 aliphatic carbocycles. The van der Waals surface area contributed by atoms with Crippen molar-refractivity contribution in [2.24, 2.45) is 0 Å². The SMILES string of the molecule is Cc1ccc(NC(=O)Cc2nc(-c3cc(C)n(C[C@H]4CCCO4)c3C)cs2)cc1. The lowest BCUT2D eigenvalue weighted by molar-refractivity contribution is -0.115. The van der Waals surface area contributed by atoms with Gasteiger partial charge in [-0.1, -0.05) is 17.7 Å². The van der Waals surface area contributed by atoms with E-state index in [1.54, 1.807) is 0 Å². The summed E-state index contributed by atoms with van der Waals surface area (Å²) in [6.45, 7) is 8.07. The lowest BCUT2D eigenvalue weighted by Gasteiger charge is -2.14. The highest BCUT2D eigenvalue weighted by molar-refractivity contribution is 7.10. The largest absolute Gasteiger partial charge is 0.376 e. The van der Waals surface area contributed by atoms with Crippen molar-refractivity contribution in [3.63, 3.8) is 0 Å². The van der Waals surface area contributed by atoms with Gasteiger partial charge in [0.15, 0.2) is 0 Å². The number of aryl methyl sites for hydroxylation is 2. The van der Waals surface area contributed by atoms with Crippen LogP contribution in [0.25, 0.3) is 11.3 Å². The van der Waals surface area contributed by atoms with Gasteiger partial charge >= 0.3 is 0 Å². The van der Waals surface area contributed by atoms with Crippen LogP contribution in [0.3, 0.4) is 0 Å². The maximum atomic E-state index is 12.4. The molecule has 0 unspecified atom stereocenters. The number of hydrogen-bond acceptors (Lipinski definition) is 4. The summed E-state index contributed by atoms with van der Waals surface area (Å²) in [6, 6.07) is 10.0. The van der Waals surface area contributed by atoms with E-state index in [0.717, 1.165) is 47.9 Å². The van der Waals surface area contributed by atoms with E-state index in [1.807, 2.05) is 36.6 Å². The van der Waals surface area contributed by atoms with Crippen LogP contribution in [-0.4, -0.2) is 28.2 Å². The second kappa shape index (κ2) is 8.51. The van der Waals surface area contributed by atoms with E-state index in [2.05, 4.69) is 29.8 Å². The maximum Gasteiger partial charge on any atom is 0.231 e. The van der Waals surface area contributed by atoms with E-state index in [-0.39, 0.29) is 12.3 Å². The van der Waals surface area contributed by atoms with Crippen molar-refractivity contribution >= 4 is 22.9 Å². The number of aromatic nitrogens is 2. The number of nitrogens with zero attached hydrogens (tertiary/aromatic N) is 2. The molecule has 0 saturated carbocycles. The molecule has 152 valence electrons. The molecule has 1 saturated heterocycles. The quantitative estimate of drug-likeness (QED) is 0.630. The zero-order valence-corrected chi connectivity index (χ0v) is 18.0. The number of amides is 1. The second-order valence-electron chi connectivity index (χ2n) is 7.75. The first-order chi connectivity index (χ1) is 14.0. The predicted octanol–water partition coefficient (Wildman–Crippen LogP) is 4.90. The lowest BCUT2D eigenvalue weighted by Crippen LogP contribution is -2.16. The molecule has 29 heavy (non-hydrogen) atoms. The predicted molar refractivity (Wildman–Crippen MR) is 118 cm³/mol. The number of anilines is 1. The van der Waals surface area contributed by atoms with Crippen molar-refractivity contribution in [1.29, 1.82) is 0 Å². The van der Waals surface area contributed by atoms with E-state index in [0.29, 0.717) is 6.10 Å². The third-order valence-electron chi connectivity index (χ3n) is 5.46. The van der Waals surface area contributed by atoms with Crippen LogP contribution in [0.2, 0.25) is 0 Å². The minimum Gasteiger partial charge on any atom is -0.376 e. The lowest BCUT2D eigenvalue weighted by atomic mass is 10.2. The number of hydrogen-bond donors (Lipinski definition) is 1. The molecule has 1 fully saturated rings. The van der Waals surface area contributed by atoms with Gasteiger partial charge in [-0.15, -0.1) is 11.3 Å². The molecule has 3 heterocycles. The Labute approximate surface area is 175 Å². The zero-order valence-electron chi connectivity index (χ0n) is 17.2. The molecule has 4 rings (SSSR count). The summed E-state index contributed by atoms with van der Waals surface area (Å²) in [5.41, 5.74) is 6.50. The van der Waals surface area contributed by atoms with Gasteiger partial charge in [-0.3, -0.25) is 4.79 Å². The first kappa shape index (κ1) is 19.9. The number of thiazole rings is 1.